The summed E-state index contributed by atoms with van der Waals surface area (Å²) in [5.74, 6) is -1.96. The number of rotatable bonds is 36. The summed E-state index contributed by atoms with van der Waals surface area (Å²) in [6.07, 6.45) is 1.59. The molecule has 0 aliphatic carbocycles. The van der Waals surface area contributed by atoms with E-state index in [1.54, 1.807) is 0 Å². The fraction of sp³-hybridized carbons (Fsp3) is 0.862. The molecule has 0 aromatic rings. The van der Waals surface area contributed by atoms with E-state index < -0.39 is 29.3 Å². The van der Waals surface area contributed by atoms with Crippen molar-refractivity contribution >= 4 is 23.9 Å². The molecule has 0 fully saturated rings. The molecule has 0 aromatic heterocycles. The molecule has 0 saturated heterocycles. The lowest BCUT2D eigenvalue weighted by Gasteiger charge is -2.33. The zero-order valence-electron chi connectivity index (χ0n) is 29.7. The molecule has 53 heavy (non-hydrogen) atoms. The molecule has 0 spiro atoms. The quantitative estimate of drug-likeness (QED) is 0.0212. The van der Waals surface area contributed by atoms with Crippen molar-refractivity contribution in [2.24, 2.45) is 25.9 Å². The van der Waals surface area contributed by atoms with Crippen molar-refractivity contribution in [2.45, 2.75) is 51.4 Å². The third kappa shape index (κ3) is 31.4. The van der Waals surface area contributed by atoms with E-state index in [-0.39, 0.29) is 131 Å². The second kappa shape index (κ2) is 35.4. The Kier molecular flexibility index (Phi) is 32.0. The number of esters is 4. The molecule has 0 bridgehead atoms. The number of ether oxygens (including phenoxy) is 8. The van der Waals surface area contributed by atoms with Crippen LogP contribution in [0.2, 0.25) is 0 Å². The summed E-state index contributed by atoms with van der Waals surface area (Å²) >= 11 is 0. The van der Waals surface area contributed by atoms with Gasteiger partial charge >= 0.3 is 23.9 Å². The van der Waals surface area contributed by atoms with Gasteiger partial charge in [-0.05, 0) is 47.8 Å². The van der Waals surface area contributed by atoms with Crippen molar-refractivity contribution in [1.29, 1.82) is 0 Å². The second-order valence-corrected chi connectivity index (χ2v) is 10.8. The zero-order chi connectivity index (χ0) is 39.1. The second-order valence-electron chi connectivity index (χ2n) is 10.8. The number of hydrogen-bond donors (Lipinski definition) is 0. The number of carbonyl (C=O) groups excluding carboxylic acids is 4. The van der Waals surface area contributed by atoms with Gasteiger partial charge in [0.2, 0.25) is 0 Å². The van der Waals surface area contributed by atoms with Gasteiger partial charge in [0.25, 0.3) is 0 Å². The van der Waals surface area contributed by atoms with E-state index in [2.05, 4.69) is 40.1 Å². The third-order valence-electron chi connectivity index (χ3n) is 6.40. The third-order valence-corrected chi connectivity index (χ3v) is 6.40. The van der Waals surface area contributed by atoms with Crippen LogP contribution in [-0.4, -0.2) is 129 Å². The van der Waals surface area contributed by atoms with E-state index in [9.17, 15) is 19.2 Å². The van der Waals surface area contributed by atoms with Crippen molar-refractivity contribution in [2.75, 3.05) is 105 Å². The Morgan fingerprint density at radius 3 is 0.830 bits per heavy atom. The Balaban J connectivity index is 5.35. The van der Waals surface area contributed by atoms with Crippen molar-refractivity contribution in [3.63, 3.8) is 0 Å². The molecular weight excluding hydrogens is 708 g/mol. The Morgan fingerprint density at radius 1 is 0.396 bits per heavy atom. The fourth-order valence-electron chi connectivity index (χ4n) is 3.91. The summed E-state index contributed by atoms with van der Waals surface area (Å²) in [5, 5.41) is 13.5. The van der Waals surface area contributed by atoms with Gasteiger partial charge in [0.1, 0.15) is 26.4 Å². The smallest absolute Gasteiger partial charge is 0.305 e. The molecule has 0 heterocycles. The minimum absolute atomic E-state index is 0.00177. The average molecular weight is 757 g/mol. The van der Waals surface area contributed by atoms with Gasteiger partial charge in [-0.15, -0.1) is 0 Å². The van der Waals surface area contributed by atoms with Crippen LogP contribution in [0.5, 0.6) is 0 Å². The van der Waals surface area contributed by atoms with E-state index in [0.29, 0.717) is 25.7 Å². The topological polar surface area (TPSA) is 337 Å². The van der Waals surface area contributed by atoms with E-state index in [0.717, 1.165) is 0 Å². The maximum absolute atomic E-state index is 11.9. The van der Waals surface area contributed by atoms with Crippen LogP contribution in [0.3, 0.4) is 0 Å². The first-order valence-electron chi connectivity index (χ1n) is 16.8. The highest BCUT2D eigenvalue weighted by Crippen LogP contribution is 2.21. The Bertz CT molecular complexity index is 1060. The molecule has 0 amide bonds. The van der Waals surface area contributed by atoms with Crippen LogP contribution in [0.25, 0.3) is 41.8 Å². The van der Waals surface area contributed by atoms with Gasteiger partial charge in [-0.3, -0.25) is 19.2 Å². The van der Waals surface area contributed by atoms with Crippen LogP contribution in [0.4, 0.5) is 0 Å². The zero-order valence-corrected chi connectivity index (χ0v) is 29.7. The van der Waals surface area contributed by atoms with E-state index >= 15 is 0 Å². The van der Waals surface area contributed by atoms with Crippen molar-refractivity contribution < 1.29 is 57.1 Å². The summed E-state index contributed by atoms with van der Waals surface area (Å²) in [4.78, 5) is 58.3. The highest BCUT2D eigenvalue weighted by molar-refractivity contribution is 5.70. The van der Waals surface area contributed by atoms with Gasteiger partial charge in [0, 0.05) is 71.5 Å². The summed E-state index contributed by atoms with van der Waals surface area (Å²) in [7, 11) is 0. The van der Waals surface area contributed by atoms with Crippen molar-refractivity contribution in [1.82, 2.24) is 0 Å². The van der Waals surface area contributed by atoms with Crippen LogP contribution < -0.4 is 0 Å². The lowest BCUT2D eigenvalue weighted by atomic mass is 9.92. The van der Waals surface area contributed by atoms with Crippen LogP contribution >= 0.6 is 0 Å². The Morgan fingerprint density at radius 2 is 0.623 bits per heavy atom. The SMILES string of the molecule is [N-]=[N+]=NCCCC(=O)OCCOCC(COCCOC(=O)CCCN=[N+]=[N-])(COCCOC(=O)CCCN=[N+]=[N-])COCCOC(=O)CCCN=[N+]=[N-]. The molecule has 24 nitrogen and oxygen atoms in total. The molecule has 0 radical (unpaired) electrons. The minimum Gasteiger partial charge on any atom is -0.463 e. The first kappa shape index (κ1) is 48.0. The number of hydrogen-bond acceptors (Lipinski definition) is 16. The molecule has 0 aliphatic rings. The normalized spacial score (nSPS) is 11.3. The summed E-state index contributed by atoms with van der Waals surface area (Å²) in [5.41, 5.74) is 32.4. The molecule has 0 unspecified atom stereocenters. The fourth-order valence-corrected chi connectivity index (χ4v) is 3.91. The Labute approximate surface area is 305 Å². The van der Waals surface area contributed by atoms with Gasteiger partial charge in [0.05, 0.1) is 58.3 Å². The van der Waals surface area contributed by atoms with Gasteiger partial charge in [-0.1, -0.05) is 20.5 Å². The summed E-state index contributed by atoms with van der Waals surface area (Å²) in [6, 6.07) is 0. The van der Waals surface area contributed by atoms with E-state index in [4.69, 9.17) is 60.0 Å². The molecular formula is C29H48N12O12. The van der Waals surface area contributed by atoms with E-state index in [1.807, 2.05) is 0 Å². The first-order valence-corrected chi connectivity index (χ1v) is 16.8. The van der Waals surface area contributed by atoms with Crippen LogP contribution in [-0.2, 0) is 57.1 Å². The molecule has 0 aliphatic heterocycles. The monoisotopic (exact) mass is 756 g/mol. The summed E-state index contributed by atoms with van der Waals surface area (Å²) in [6.45, 7) is 0.245. The van der Waals surface area contributed by atoms with Gasteiger partial charge < -0.3 is 37.9 Å². The molecule has 0 atom stereocenters. The summed E-state index contributed by atoms with van der Waals surface area (Å²) < 4.78 is 44.0. The molecule has 24 heteroatoms. The number of nitrogens with zero attached hydrogens (tertiary/aromatic N) is 12. The van der Waals surface area contributed by atoms with Gasteiger partial charge in [-0.25, -0.2) is 0 Å². The predicted octanol–water partition coefficient (Wildman–Crippen LogP) is 4.57. The molecule has 0 saturated carbocycles. The predicted molar refractivity (Wildman–Crippen MR) is 183 cm³/mol. The number of carbonyl (C=O) groups is 4. The van der Waals surface area contributed by atoms with Crippen LogP contribution in [0, 0.1) is 5.41 Å². The maximum Gasteiger partial charge on any atom is 0.305 e. The maximum atomic E-state index is 11.9. The number of azide groups is 4. The minimum atomic E-state index is -1.00. The lowest BCUT2D eigenvalue weighted by Crippen LogP contribution is -2.43. The van der Waals surface area contributed by atoms with Crippen molar-refractivity contribution in [3.8, 4) is 0 Å². The highest BCUT2D eigenvalue weighted by atomic mass is 16.6. The lowest BCUT2D eigenvalue weighted by molar-refractivity contribution is -0.151. The molecule has 0 N–H and O–H groups in total. The molecule has 296 valence electrons. The molecule has 0 aromatic carbocycles. The highest BCUT2D eigenvalue weighted by Gasteiger charge is 2.33. The standard InChI is InChI=1S/C29H48N12O12/c30-38-34-9-1-5-25(42)50-17-13-46-21-29(22-47-14-18-51-26(43)6-2-10-35-39-31,23-48-15-19-52-27(44)7-3-11-36-40-32)24-49-16-20-53-28(45)8-4-12-37-41-33/h1-24H2. The van der Waals surface area contributed by atoms with E-state index in [1.165, 1.54) is 0 Å². The molecule has 0 rings (SSSR count). The van der Waals surface area contributed by atoms with Crippen LogP contribution in [0.15, 0.2) is 20.5 Å². The largest absolute Gasteiger partial charge is 0.463 e. The van der Waals surface area contributed by atoms with Crippen molar-refractivity contribution in [3.05, 3.63) is 41.8 Å². The average Bonchev–Trinajstić information content (AvgIpc) is 3.14. The van der Waals surface area contributed by atoms with Crippen LogP contribution in [0.1, 0.15) is 51.4 Å². The van der Waals surface area contributed by atoms with Gasteiger partial charge in [0.15, 0.2) is 0 Å². The Hall–Kier alpha value is -5.04. The first-order chi connectivity index (χ1) is 25.8. The van der Waals surface area contributed by atoms with Gasteiger partial charge in [-0.2, -0.15) is 0 Å².